The summed E-state index contributed by atoms with van der Waals surface area (Å²) in [4.78, 5) is 38.4. The SMILES string of the molecule is CCOC(=O)c1ccc(N2C(=O)[C@H](C(=O)OCC)[C@H]2c2ccccc2)cc1. The van der Waals surface area contributed by atoms with E-state index >= 15 is 0 Å². The summed E-state index contributed by atoms with van der Waals surface area (Å²) in [6.07, 6.45) is 0. The molecule has 0 spiro atoms. The molecule has 1 saturated heterocycles. The van der Waals surface area contributed by atoms with Gasteiger partial charge in [-0.25, -0.2) is 4.79 Å². The number of ether oxygens (including phenoxy) is 2. The van der Waals surface area contributed by atoms with Gasteiger partial charge in [0.2, 0.25) is 5.91 Å². The van der Waals surface area contributed by atoms with E-state index in [-0.39, 0.29) is 12.5 Å². The molecular weight excluding hydrogens is 346 g/mol. The molecule has 6 nitrogen and oxygen atoms in total. The van der Waals surface area contributed by atoms with Crippen molar-refractivity contribution < 1.29 is 23.9 Å². The smallest absolute Gasteiger partial charge is 0.338 e. The molecule has 2 aromatic rings. The molecule has 1 aliphatic heterocycles. The van der Waals surface area contributed by atoms with Crippen molar-refractivity contribution in [2.75, 3.05) is 18.1 Å². The highest BCUT2D eigenvalue weighted by Crippen LogP contribution is 2.44. The van der Waals surface area contributed by atoms with Crippen LogP contribution in [0.3, 0.4) is 0 Å². The van der Waals surface area contributed by atoms with Crippen LogP contribution in [-0.4, -0.2) is 31.1 Å². The molecule has 140 valence electrons. The number of carbonyl (C=O) groups is 3. The van der Waals surface area contributed by atoms with Gasteiger partial charge in [0.05, 0.1) is 24.8 Å². The molecular formula is C21H21NO5. The molecule has 2 aromatic carbocycles. The van der Waals surface area contributed by atoms with E-state index in [1.807, 2.05) is 30.3 Å². The van der Waals surface area contributed by atoms with Crippen LogP contribution in [-0.2, 0) is 19.1 Å². The van der Waals surface area contributed by atoms with Crippen LogP contribution >= 0.6 is 0 Å². The van der Waals surface area contributed by atoms with Crippen molar-refractivity contribution >= 4 is 23.5 Å². The van der Waals surface area contributed by atoms with Crippen LogP contribution in [0.15, 0.2) is 54.6 Å². The number of rotatable bonds is 6. The second kappa shape index (κ2) is 8.03. The molecule has 2 atom stereocenters. The molecule has 0 radical (unpaired) electrons. The molecule has 6 heteroatoms. The highest BCUT2D eigenvalue weighted by atomic mass is 16.5. The van der Waals surface area contributed by atoms with E-state index in [9.17, 15) is 14.4 Å². The molecule has 1 heterocycles. The maximum atomic E-state index is 12.7. The summed E-state index contributed by atoms with van der Waals surface area (Å²) in [5.41, 5.74) is 1.87. The fourth-order valence-electron chi connectivity index (χ4n) is 3.20. The van der Waals surface area contributed by atoms with E-state index in [2.05, 4.69) is 0 Å². The first kappa shape index (κ1) is 18.6. The fourth-order valence-corrected chi connectivity index (χ4v) is 3.20. The number of carbonyl (C=O) groups excluding carboxylic acids is 3. The fraction of sp³-hybridized carbons (Fsp3) is 0.286. The average Bonchev–Trinajstić information content (AvgIpc) is 2.67. The Morgan fingerprint density at radius 2 is 1.56 bits per heavy atom. The van der Waals surface area contributed by atoms with Crippen LogP contribution in [0.5, 0.6) is 0 Å². The van der Waals surface area contributed by atoms with E-state index in [0.29, 0.717) is 17.9 Å². The zero-order valence-electron chi connectivity index (χ0n) is 15.3. The second-order valence-corrected chi connectivity index (χ2v) is 6.06. The molecule has 1 amide bonds. The summed E-state index contributed by atoms with van der Waals surface area (Å²) >= 11 is 0. The number of amides is 1. The summed E-state index contributed by atoms with van der Waals surface area (Å²) in [7, 11) is 0. The first-order valence-electron chi connectivity index (χ1n) is 8.90. The van der Waals surface area contributed by atoms with Crippen LogP contribution in [0, 0.1) is 5.92 Å². The Labute approximate surface area is 157 Å². The van der Waals surface area contributed by atoms with Gasteiger partial charge in [-0.3, -0.25) is 9.59 Å². The number of β-lactam (4-membered cyclic amide) rings is 1. The molecule has 0 unspecified atom stereocenters. The highest BCUT2D eigenvalue weighted by molar-refractivity contribution is 6.14. The zero-order chi connectivity index (χ0) is 19.4. The predicted molar refractivity (Wildman–Crippen MR) is 99.2 cm³/mol. The van der Waals surface area contributed by atoms with Crippen molar-refractivity contribution in [1.29, 1.82) is 0 Å². The van der Waals surface area contributed by atoms with E-state index in [4.69, 9.17) is 9.47 Å². The van der Waals surface area contributed by atoms with Crippen LogP contribution in [0.1, 0.15) is 35.8 Å². The zero-order valence-corrected chi connectivity index (χ0v) is 15.3. The first-order valence-corrected chi connectivity index (χ1v) is 8.90. The van der Waals surface area contributed by atoms with E-state index in [0.717, 1.165) is 5.56 Å². The molecule has 0 saturated carbocycles. The van der Waals surface area contributed by atoms with Gasteiger partial charge in [0.15, 0.2) is 5.92 Å². The number of esters is 2. The van der Waals surface area contributed by atoms with Crippen molar-refractivity contribution in [2.24, 2.45) is 5.92 Å². The quantitative estimate of drug-likeness (QED) is 0.446. The van der Waals surface area contributed by atoms with Gasteiger partial charge in [-0.1, -0.05) is 30.3 Å². The van der Waals surface area contributed by atoms with Gasteiger partial charge in [-0.15, -0.1) is 0 Å². The van der Waals surface area contributed by atoms with Crippen LogP contribution in [0.4, 0.5) is 5.69 Å². The normalized spacial score (nSPS) is 18.6. The van der Waals surface area contributed by atoms with Crippen molar-refractivity contribution in [1.82, 2.24) is 0 Å². The van der Waals surface area contributed by atoms with Gasteiger partial charge in [-0.2, -0.15) is 0 Å². The number of benzene rings is 2. The Kier molecular flexibility index (Phi) is 5.54. The van der Waals surface area contributed by atoms with E-state index in [1.54, 1.807) is 43.0 Å². The lowest BCUT2D eigenvalue weighted by Gasteiger charge is -2.46. The van der Waals surface area contributed by atoms with Gasteiger partial charge in [0.1, 0.15) is 0 Å². The van der Waals surface area contributed by atoms with Crippen LogP contribution in [0.25, 0.3) is 0 Å². The first-order chi connectivity index (χ1) is 13.1. The average molecular weight is 367 g/mol. The van der Waals surface area contributed by atoms with Gasteiger partial charge in [0, 0.05) is 5.69 Å². The van der Waals surface area contributed by atoms with Crippen molar-refractivity contribution in [3.05, 3.63) is 65.7 Å². The Morgan fingerprint density at radius 3 is 2.15 bits per heavy atom. The van der Waals surface area contributed by atoms with Crippen LogP contribution in [0.2, 0.25) is 0 Å². The largest absolute Gasteiger partial charge is 0.465 e. The predicted octanol–water partition coefficient (Wildman–Crippen LogP) is 3.13. The van der Waals surface area contributed by atoms with Gasteiger partial charge >= 0.3 is 11.9 Å². The molecule has 3 rings (SSSR count). The summed E-state index contributed by atoms with van der Waals surface area (Å²) in [6, 6.07) is 15.5. The molecule has 0 bridgehead atoms. The summed E-state index contributed by atoms with van der Waals surface area (Å²) < 4.78 is 10.1. The van der Waals surface area contributed by atoms with Gasteiger partial charge < -0.3 is 14.4 Å². The van der Waals surface area contributed by atoms with Gasteiger partial charge in [-0.05, 0) is 43.7 Å². The number of hydrogen-bond donors (Lipinski definition) is 0. The summed E-state index contributed by atoms with van der Waals surface area (Å²) in [6.45, 7) is 3.97. The minimum absolute atomic E-state index is 0.221. The van der Waals surface area contributed by atoms with Crippen molar-refractivity contribution in [3.63, 3.8) is 0 Å². The van der Waals surface area contributed by atoms with E-state index in [1.165, 1.54) is 0 Å². The minimum atomic E-state index is -0.864. The molecule has 0 aliphatic carbocycles. The molecule has 0 aromatic heterocycles. The highest BCUT2D eigenvalue weighted by Gasteiger charge is 2.53. The standard InChI is InChI=1S/C21H21NO5/c1-3-26-20(24)15-10-12-16(13-11-15)22-18(14-8-6-5-7-9-14)17(19(22)23)21(25)27-4-2/h5-13,17-18H,3-4H2,1-2H3/t17-,18-/m1/s1. The van der Waals surface area contributed by atoms with Gasteiger partial charge in [0.25, 0.3) is 0 Å². The Balaban J connectivity index is 1.90. The van der Waals surface area contributed by atoms with E-state index < -0.39 is 23.9 Å². The number of hydrogen-bond acceptors (Lipinski definition) is 5. The third kappa shape index (κ3) is 3.56. The lowest BCUT2D eigenvalue weighted by atomic mass is 9.81. The third-order valence-corrected chi connectivity index (χ3v) is 4.44. The molecule has 1 aliphatic rings. The monoisotopic (exact) mass is 367 g/mol. The molecule has 0 N–H and O–H groups in total. The minimum Gasteiger partial charge on any atom is -0.465 e. The van der Waals surface area contributed by atoms with Crippen molar-refractivity contribution in [3.8, 4) is 0 Å². The maximum absolute atomic E-state index is 12.7. The summed E-state index contributed by atoms with van der Waals surface area (Å²) in [5.74, 6) is -2.11. The third-order valence-electron chi connectivity index (χ3n) is 4.44. The maximum Gasteiger partial charge on any atom is 0.338 e. The molecule has 1 fully saturated rings. The summed E-state index contributed by atoms with van der Waals surface area (Å²) in [5, 5.41) is 0. The van der Waals surface area contributed by atoms with Crippen LogP contribution < -0.4 is 4.90 Å². The topological polar surface area (TPSA) is 72.9 Å². The lowest BCUT2D eigenvalue weighted by Crippen LogP contribution is -2.58. The number of anilines is 1. The second-order valence-electron chi connectivity index (χ2n) is 6.06. The molecule has 27 heavy (non-hydrogen) atoms. The van der Waals surface area contributed by atoms with Crippen molar-refractivity contribution in [2.45, 2.75) is 19.9 Å². The Bertz CT molecular complexity index is 831. The Hall–Kier alpha value is -3.15. The number of nitrogens with zero attached hydrogens (tertiary/aromatic N) is 1. The lowest BCUT2D eigenvalue weighted by molar-refractivity contribution is -0.157. The Morgan fingerprint density at radius 1 is 0.926 bits per heavy atom.